The number of imidazole rings is 1. The summed E-state index contributed by atoms with van der Waals surface area (Å²) < 4.78 is 0. The highest BCUT2D eigenvalue weighted by atomic mass is 16.4. The van der Waals surface area contributed by atoms with Crippen LogP contribution in [0.5, 0.6) is 11.5 Å². The number of nitrogens with one attached hydrogen (secondary N) is 4. The van der Waals surface area contributed by atoms with E-state index in [4.69, 9.17) is 5.73 Å². The van der Waals surface area contributed by atoms with E-state index in [1.807, 2.05) is 0 Å². The molecule has 2 aromatic carbocycles. The molecule has 5 atom stereocenters. The monoisotopic (exact) mass is 582 g/mol. The van der Waals surface area contributed by atoms with Gasteiger partial charge in [-0.3, -0.25) is 14.4 Å². The molecule has 42 heavy (non-hydrogen) atoms. The average molecular weight is 583 g/mol. The van der Waals surface area contributed by atoms with Crippen molar-refractivity contribution in [1.29, 1.82) is 0 Å². The van der Waals surface area contributed by atoms with E-state index in [0.29, 0.717) is 16.8 Å². The lowest BCUT2D eigenvalue weighted by Gasteiger charge is -2.25. The molecule has 0 spiro atoms. The van der Waals surface area contributed by atoms with Gasteiger partial charge in [-0.1, -0.05) is 24.3 Å². The van der Waals surface area contributed by atoms with E-state index in [2.05, 4.69) is 25.9 Å². The number of carbonyl (C=O) groups excluding carboxylic acids is 3. The lowest BCUT2D eigenvalue weighted by Crippen LogP contribution is -2.59. The number of phenols is 2. The second-order valence-electron chi connectivity index (χ2n) is 9.81. The Morgan fingerprint density at radius 1 is 0.786 bits per heavy atom. The van der Waals surface area contributed by atoms with Crippen LogP contribution in [-0.4, -0.2) is 84.4 Å². The number of rotatable bonds is 14. The molecule has 14 nitrogen and oxygen atoms in total. The number of hydrogen-bond donors (Lipinski definition) is 9. The second-order valence-corrected chi connectivity index (χ2v) is 9.81. The highest BCUT2D eigenvalue weighted by molar-refractivity contribution is 5.94. The molecule has 1 aromatic heterocycles. The molecule has 0 bridgehead atoms. The quantitative estimate of drug-likeness (QED) is 0.113. The minimum atomic E-state index is -1.37. The van der Waals surface area contributed by atoms with Crippen LogP contribution in [0.2, 0.25) is 0 Å². The number of hydrogen-bond acceptors (Lipinski definition) is 9. The molecule has 0 aliphatic carbocycles. The molecule has 14 heteroatoms. The molecule has 5 unspecified atom stereocenters. The van der Waals surface area contributed by atoms with Crippen LogP contribution >= 0.6 is 0 Å². The van der Waals surface area contributed by atoms with Crippen molar-refractivity contribution in [2.24, 2.45) is 5.73 Å². The van der Waals surface area contributed by atoms with Crippen LogP contribution in [0.3, 0.4) is 0 Å². The summed E-state index contributed by atoms with van der Waals surface area (Å²) in [5.41, 5.74) is 7.30. The van der Waals surface area contributed by atoms with Crippen LogP contribution in [0.25, 0.3) is 0 Å². The number of aliphatic hydroxyl groups is 1. The van der Waals surface area contributed by atoms with Crippen LogP contribution < -0.4 is 21.7 Å². The zero-order valence-corrected chi connectivity index (χ0v) is 22.7. The van der Waals surface area contributed by atoms with Crippen LogP contribution in [0.1, 0.15) is 23.7 Å². The number of aromatic hydroxyl groups is 2. The fourth-order valence-corrected chi connectivity index (χ4v) is 4.00. The van der Waals surface area contributed by atoms with E-state index in [1.165, 1.54) is 55.8 Å². The molecular formula is C28H34N6O8. The Morgan fingerprint density at radius 2 is 1.24 bits per heavy atom. The first-order valence-electron chi connectivity index (χ1n) is 13.0. The summed E-state index contributed by atoms with van der Waals surface area (Å²) in [5, 5.41) is 46.2. The van der Waals surface area contributed by atoms with Gasteiger partial charge in [0, 0.05) is 31.2 Å². The number of carbonyl (C=O) groups is 4. The van der Waals surface area contributed by atoms with E-state index in [9.17, 15) is 39.6 Å². The van der Waals surface area contributed by atoms with Crippen molar-refractivity contribution in [3.05, 3.63) is 77.9 Å². The molecule has 3 aromatic rings. The van der Waals surface area contributed by atoms with Gasteiger partial charge < -0.3 is 47.1 Å². The third-order valence-electron chi connectivity index (χ3n) is 6.43. The summed E-state index contributed by atoms with van der Waals surface area (Å²) in [4.78, 5) is 58.2. The summed E-state index contributed by atoms with van der Waals surface area (Å²) in [6.07, 6.45) is 1.39. The lowest BCUT2D eigenvalue weighted by atomic mass is 10.0. The Morgan fingerprint density at radius 3 is 1.69 bits per heavy atom. The van der Waals surface area contributed by atoms with E-state index in [0.717, 1.165) is 0 Å². The first kappa shape index (κ1) is 31.6. The number of amides is 3. The molecule has 0 aliphatic heterocycles. The van der Waals surface area contributed by atoms with Crippen molar-refractivity contribution < 1.29 is 39.6 Å². The number of phenolic OH excluding ortho intramolecular Hbond substituents is 2. The molecule has 0 radical (unpaired) electrons. The Labute approximate surface area is 241 Å². The Bertz CT molecular complexity index is 1350. The fraction of sp³-hybridized carbons (Fsp3) is 0.321. The van der Waals surface area contributed by atoms with Gasteiger partial charge in [0.1, 0.15) is 35.7 Å². The number of H-pyrrole nitrogens is 1. The smallest absolute Gasteiger partial charge is 0.326 e. The maximum Gasteiger partial charge on any atom is 0.326 e. The van der Waals surface area contributed by atoms with Gasteiger partial charge >= 0.3 is 5.97 Å². The summed E-state index contributed by atoms with van der Waals surface area (Å²) in [5.74, 6) is -3.72. The number of aromatic amines is 1. The number of nitrogens with two attached hydrogens (primary N) is 1. The SMILES string of the molecule is CC(O)C(N)C(=O)NC(Cc1cnc[nH]1)C(=O)NC(Cc1ccc(O)cc1)C(=O)NC(Cc1ccc(O)cc1)C(=O)O. The van der Waals surface area contributed by atoms with Crippen LogP contribution in [0.15, 0.2) is 61.1 Å². The number of carboxylic acid groups (broad SMARTS) is 1. The van der Waals surface area contributed by atoms with Crippen LogP contribution in [-0.2, 0) is 38.4 Å². The Balaban J connectivity index is 1.84. The third kappa shape index (κ3) is 9.31. The van der Waals surface area contributed by atoms with Crippen molar-refractivity contribution in [1.82, 2.24) is 25.9 Å². The standard InChI is InChI=1S/C28H34N6O8/c1-15(35)24(29)27(40)33-22(12-18-13-30-14-31-18)26(39)32-21(10-16-2-6-19(36)7-3-16)25(38)34-23(28(41)42)11-17-4-8-20(37)9-5-17/h2-9,13-15,21-24,35-37H,10-12,29H2,1H3,(H,30,31)(H,32,39)(H,33,40)(H,34,38)(H,41,42). The Kier molecular flexibility index (Phi) is 11.0. The largest absolute Gasteiger partial charge is 0.508 e. The summed E-state index contributed by atoms with van der Waals surface area (Å²) in [6.45, 7) is 1.32. The average Bonchev–Trinajstić information content (AvgIpc) is 3.46. The topological polar surface area (TPSA) is 240 Å². The van der Waals surface area contributed by atoms with Gasteiger partial charge in [0.15, 0.2) is 0 Å². The zero-order chi connectivity index (χ0) is 30.8. The van der Waals surface area contributed by atoms with Crippen LogP contribution in [0.4, 0.5) is 0 Å². The lowest BCUT2D eigenvalue weighted by molar-refractivity contribution is -0.142. The second kappa shape index (κ2) is 14.6. The number of nitrogens with zero attached hydrogens (tertiary/aromatic N) is 1. The molecule has 0 aliphatic rings. The number of carboxylic acids is 1. The molecule has 0 saturated carbocycles. The van der Waals surface area contributed by atoms with E-state index in [1.54, 1.807) is 12.1 Å². The predicted molar refractivity (Wildman–Crippen MR) is 149 cm³/mol. The van der Waals surface area contributed by atoms with Gasteiger partial charge in [0.2, 0.25) is 17.7 Å². The maximum absolute atomic E-state index is 13.5. The first-order chi connectivity index (χ1) is 19.9. The van der Waals surface area contributed by atoms with E-state index in [-0.39, 0.29) is 30.8 Å². The van der Waals surface area contributed by atoms with Gasteiger partial charge in [-0.2, -0.15) is 0 Å². The predicted octanol–water partition coefficient (Wildman–Crippen LogP) is -0.904. The van der Waals surface area contributed by atoms with Gasteiger partial charge in [0.05, 0.1) is 12.4 Å². The fourth-order valence-electron chi connectivity index (χ4n) is 4.00. The maximum atomic E-state index is 13.5. The zero-order valence-electron chi connectivity index (χ0n) is 22.7. The highest BCUT2D eigenvalue weighted by Crippen LogP contribution is 2.14. The van der Waals surface area contributed by atoms with Gasteiger partial charge in [-0.05, 0) is 42.3 Å². The third-order valence-corrected chi connectivity index (χ3v) is 6.43. The van der Waals surface area contributed by atoms with Crippen molar-refractivity contribution in [3.63, 3.8) is 0 Å². The van der Waals surface area contributed by atoms with E-state index < -0.39 is 54.0 Å². The number of benzene rings is 2. The molecule has 0 fully saturated rings. The van der Waals surface area contributed by atoms with Gasteiger partial charge in [-0.15, -0.1) is 0 Å². The Hall–Kier alpha value is -4.95. The molecule has 0 saturated heterocycles. The summed E-state index contributed by atoms with van der Waals surface area (Å²) in [6, 6.07) is 6.47. The minimum absolute atomic E-state index is 0.00230. The highest BCUT2D eigenvalue weighted by Gasteiger charge is 2.31. The van der Waals surface area contributed by atoms with Gasteiger partial charge in [-0.25, -0.2) is 9.78 Å². The molecular weight excluding hydrogens is 548 g/mol. The molecule has 224 valence electrons. The van der Waals surface area contributed by atoms with E-state index >= 15 is 0 Å². The summed E-state index contributed by atoms with van der Waals surface area (Å²) in [7, 11) is 0. The molecule has 1 heterocycles. The van der Waals surface area contributed by atoms with Crippen molar-refractivity contribution in [2.45, 2.75) is 56.5 Å². The molecule has 3 amide bonds. The first-order valence-corrected chi connectivity index (χ1v) is 13.0. The molecule has 10 N–H and O–H groups in total. The minimum Gasteiger partial charge on any atom is -0.508 e. The number of aromatic nitrogens is 2. The normalized spacial score (nSPS) is 14.5. The van der Waals surface area contributed by atoms with Crippen LogP contribution in [0, 0.1) is 0 Å². The van der Waals surface area contributed by atoms with Crippen molar-refractivity contribution in [3.8, 4) is 11.5 Å². The van der Waals surface area contributed by atoms with Gasteiger partial charge in [0.25, 0.3) is 0 Å². The molecule has 3 rings (SSSR count). The number of aliphatic carboxylic acids is 1. The summed E-state index contributed by atoms with van der Waals surface area (Å²) >= 11 is 0. The van der Waals surface area contributed by atoms with Crippen molar-refractivity contribution >= 4 is 23.7 Å². The van der Waals surface area contributed by atoms with Crippen molar-refractivity contribution in [2.75, 3.05) is 0 Å². The number of aliphatic hydroxyl groups excluding tert-OH is 1.